The quantitative estimate of drug-likeness (QED) is 0.865. The predicted molar refractivity (Wildman–Crippen MR) is 78.1 cm³/mol. The number of nitrogens with two attached hydrogens (primary N) is 1. The maximum atomic E-state index is 12.3. The summed E-state index contributed by atoms with van der Waals surface area (Å²) in [6.07, 6.45) is 0. The molecule has 1 saturated heterocycles. The third-order valence-electron chi connectivity index (χ3n) is 3.80. The first-order valence-electron chi connectivity index (χ1n) is 6.80. The summed E-state index contributed by atoms with van der Waals surface area (Å²) >= 11 is 5.94. The molecule has 1 fully saturated rings. The molecule has 1 aromatic rings. The van der Waals surface area contributed by atoms with Crippen LogP contribution in [0.5, 0.6) is 0 Å². The van der Waals surface area contributed by atoms with E-state index in [4.69, 9.17) is 22.1 Å². The van der Waals surface area contributed by atoms with Crippen molar-refractivity contribution < 1.29 is 14.3 Å². The molecule has 2 aliphatic heterocycles. The number of ether oxygens (including phenoxy) is 1. The molecule has 1 atom stereocenters. The van der Waals surface area contributed by atoms with Gasteiger partial charge in [-0.1, -0.05) is 11.6 Å². The number of amides is 2. The Kier molecular flexibility index (Phi) is 3.84. The molecule has 0 aliphatic carbocycles. The van der Waals surface area contributed by atoms with Crippen LogP contribution in [0.25, 0.3) is 0 Å². The molecule has 21 heavy (non-hydrogen) atoms. The minimum Gasteiger partial charge on any atom is -0.378 e. The van der Waals surface area contributed by atoms with E-state index in [1.807, 2.05) is 0 Å². The average Bonchev–Trinajstić information content (AvgIpc) is 2.73. The van der Waals surface area contributed by atoms with Crippen molar-refractivity contribution in [2.24, 2.45) is 5.73 Å². The van der Waals surface area contributed by atoms with Gasteiger partial charge in [-0.3, -0.25) is 9.59 Å². The molecule has 112 valence electrons. The summed E-state index contributed by atoms with van der Waals surface area (Å²) in [7, 11) is 0. The number of halogens is 1. The van der Waals surface area contributed by atoms with E-state index in [1.54, 1.807) is 23.1 Å². The molecule has 6 nitrogen and oxygen atoms in total. The van der Waals surface area contributed by atoms with Crippen LogP contribution >= 0.6 is 11.6 Å². The number of hydrogen-bond donors (Lipinski definition) is 1. The maximum Gasteiger partial charge on any atom is 0.249 e. The summed E-state index contributed by atoms with van der Waals surface area (Å²) in [5.74, 6) is -0.365. The van der Waals surface area contributed by atoms with E-state index in [9.17, 15) is 9.59 Å². The number of fused-ring (bicyclic) bond motifs is 1. The minimum absolute atomic E-state index is 0.00116. The van der Waals surface area contributed by atoms with Gasteiger partial charge in [-0.25, -0.2) is 0 Å². The summed E-state index contributed by atoms with van der Waals surface area (Å²) in [5.41, 5.74) is 7.24. The van der Waals surface area contributed by atoms with Gasteiger partial charge < -0.3 is 20.3 Å². The Morgan fingerprint density at radius 2 is 2.10 bits per heavy atom. The number of anilines is 1. The van der Waals surface area contributed by atoms with E-state index in [0.29, 0.717) is 42.6 Å². The maximum absolute atomic E-state index is 12.3. The van der Waals surface area contributed by atoms with Gasteiger partial charge in [0.2, 0.25) is 11.8 Å². The Labute approximate surface area is 127 Å². The summed E-state index contributed by atoms with van der Waals surface area (Å²) in [6.45, 7) is 2.18. The number of hydrogen-bond acceptors (Lipinski definition) is 4. The third-order valence-corrected chi connectivity index (χ3v) is 4.04. The van der Waals surface area contributed by atoms with E-state index in [-0.39, 0.29) is 18.4 Å². The van der Waals surface area contributed by atoms with Gasteiger partial charge in [0.25, 0.3) is 0 Å². The van der Waals surface area contributed by atoms with E-state index < -0.39 is 6.04 Å². The molecule has 1 aromatic carbocycles. The molecular formula is C14H16ClN3O3. The molecule has 7 heteroatoms. The molecule has 0 saturated carbocycles. The summed E-state index contributed by atoms with van der Waals surface area (Å²) in [4.78, 5) is 27.7. The van der Waals surface area contributed by atoms with Gasteiger partial charge >= 0.3 is 0 Å². The van der Waals surface area contributed by atoms with Crippen LogP contribution in [-0.4, -0.2) is 49.6 Å². The molecule has 0 bridgehead atoms. The lowest BCUT2D eigenvalue weighted by Crippen LogP contribution is -2.47. The largest absolute Gasteiger partial charge is 0.378 e. The molecule has 0 radical (unpaired) electrons. The molecule has 1 unspecified atom stereocenters. The average molecular weight is 310 g/mol. The molecule has 3 rings (SSSR count). The molecule has 2 aliphatic rings. The van der Waals surface area contributed by atoms with E-state index >= 15 is 0 Å². The van der Waals surface area contributed by atoms with Gasteiger partial charge in [-0.2, -0.15) is 0 Å². The second-order valence-electron chi connectivity index (χ2n) is 5.10. The molecule has 0 aromatic heterocycles. The lowest BCUT2D eigenvalue weighted by Gasteiger charge is -2.28. The number of benzene rings is 1. The Morgan fingerprint density at radius 1 is 1.38 bits per heavy atom. The SMILES string of the molecule is NC1C(=O)N(CC(=O)N2CCOCC2)c2ccc(Cl)cc21. The van der Waals surface area contributed by atoms with Crippen molar-refractivity contribution in [3.8, 4) is 0 Å². The van der Waals surface area contributed by atoms with Crippen molar-refractivity contribution in [3.63, 3.8) is 0 Å². The second kappa shape index (κ2) is 5.63. The van der Waals surface area contributed by atoms with Crippen LogP contribution in [-0.2, 0) is 14.3 Å². The highest BCUT2D eigenvalue weighted by Gasteiger charge is 2.36. The lowest BCUT2D eigenvalue weighted by atomic mass is 10.1. The normalized spacial score (nSPS) is 21.6. The van der Waals surface area contributed by atoms with Crippen LogP contribution in [0.2, 0.25) is 5.02 Å². The van der Waals surface area contributed by atoms with E-state index in [1.165, 1.54) is 4.90 Å². The van der Waals surface area contributed by atoms with Gasteiger partial charge in [-0.15, -0.1) is 0 Å². The Bertz CT molecular complexity index is 587. The zero-order valence-corrected chi connectivity index (χ0v) is 12.2. The highest BCUT2D eigenvalue weighted by atomic mass is 35.5. The van der Waals surface area contributed by atoms with Crippen LogP contribution < -0.4 is 10.6 Å². The fraction of sp³-hybridized carbons (Fsp3) is 0.429. The third kappa shape index (κ3) is 2.62. The molecule has 0 spiro atoms. The van der Waals surface area contributed by atoms with E-state index in [2.05, 4.69) is 0 Å². The Balaban J connectivity index is 1.80. The highest BCUT2D eigenvalue weighted by Crippen LogP contribution is 2.36. The van der Waals surface area contributed by atoms with Crippen LogP contribution in [0, 0.1) is 0 Å². The zero-order chi connectivity index (χ0) is 15.0. The molecule has 2 amide bonds. The number of morpholine rings is 1. The summed E-state index contributed by atoms with van der Waals surface area (Å²) in [6, 6.07) is 4.35. The molecule has 2 N–H and O–H groups in total. The van der Waals surface area contributed by atoms with E-state index in [0.717, 1.165) is 0 Å². The monoisotopic (exact) mass is 309 g/mol. The van der Waals surface area contributed by atoms with Gasteiger partial charge in [0.15, 0.2) is 0 Å². The zero-order valence-electron chi connectivity index (χ0n) is 11.4. The van der Waals surface area contributed by atoms with Crippen LogP contribution in [0.15, 0.2) is 18.2 Å². The fourth-order valence-electron chi connectivity index (χ4n) is 2.65. The van der Waals surface area contributed by atoms with Crippen molar-refractivity contribution in [2.75, 3.05) is 37.7 Å². The van der Waals surface area contributed by atoms with Gasteiger partial charge in [0, 0.05) is 29.4 Å². The number of rotatable bonds is 2. The highest BCUT2D eigenvalue weighted by molar-refractivity contribution is 6.31. The first-order valence-corrected chi connectivity index (χ1v) is 7.17. The first kappa shape index (κ1) is 14.3. The van der Waals surface area contributed by atoms with Crippen molar-refractivity contribution >= 4 is 29.1 Å². The first-order chi connectivity index (χ1) is 10.1. The number of nitrogens with zero attached hydrogens (tertiary/aromatic N) is 2. The smallest absolute Gasteiger partial charge is 0.249 e. The standard InChI is InChI=1S/C14H16ClN3O3/c15-9-1-2-11-10(7-9)13(16)14(20)18(11)8-12(19)17-3-5-21-6-4-17/h1-2,7,13H,3-6,8,16H2. The summed E-state index contributed by atoms with van der Waals surface area (Å²) in [5, 5.41) is 0.526. The fourth-order valence-corrected chi connectivity index (χ4v) is 2.83. The minimum atomic E-state index is -0.754. The van der Waals surface area contributed by atoms with Crippen molar-refractivity contribution in [1.82, 2.24) is 4.90 Å². The van der Waals surface area contributed by atoms with Gasteiger partial charge in [-0.05, 0) is 18.2 Å². The van der Waals surface area contributed by atoms with Crippen molar-refractivity contribution in [2.45, 2.75) is 6.04 Å². The van der Waals surface area contributed by atoms with Crippen molar-refractivity contribution in [1.29, 1.82) is 0 Å². The van der Waals surface area contributed by atoms with Crippen LogP contribution in [0.4, 0.5) is 5.69 Å². The molecule has 2 heterocycles. The topological polar surface area (TPSA) is 75.9 Å². The number of carbonyl (C=O) groups excluding carboxylic acids is 2. The Hall–Kier alpha value is -1.63. The number of carbonyl (C=O) groups is 2. The van der Waals surface area contributed by atoms with Gasteiger partial charge in [0.05, 0.1) is 13.2 Å². The van der Waals surface area contributed by atoms with Crippen LogP contribution in [0.3, 0.4) is 0 Å². The van der Waals surface area contributed by atoms with Gasteiger partial charge in [0.1, 0.15) is 12.6 Å². The second-order valence-corrected chi connectivity index (χ2v) is 5.53. The van der Waals surface area contributed by atoms with Crippen LogP contribution in [0.1, 0.15) is 11.6 Å². The summed E-state index contributed by atoms with van der Waals surface area (Å²) < 4.78 is 5.22. The Morgan fingerprint density at radius 3 is 2.81 bits per heavy atom. The van der Waals surface area contributed by atoms with Crippen molar-refractivity contribution in [3.05, 3.63) is 28.8 Å². The molecular weight excluding hydrogens is 294 g/mol. The lowest BCUT2D eigenvalue weighted by molar-refractivity contribution is -0.135. The predicted octanol–water partition coefficient (Wildman–Crippen LogP) is 0.545.